The largest absolute Gasteiger partial charge is 0.478 e. The molecule has 0 bridgehead atoms. The van der Waals surface area contributed by atoms with E-state index in [4.69, 9.17) is 47.4 Å². The summed E-state index contributed by atoms with van der Waals surface area (Å²) in [7, 11) is 0. The lowest BCUT2D eigenvalue weighted by Crippen LogP contribution is -2.15. The van der Waals surface area contributed by atoms with Crippen LogP contribution in [0.3, 0.4) is 0 Å². The first-order chi connectivity index (χ1) is 22.5. The Balaban J connectivity index is 1.69. The highest BCUT2D eigenvalue weighted by molar-refractivity contribution is 5.89. The fraction of sp³-hybridized carbons (Fsp3) is 0.758. The van der Waals surface area contributed by atoms with Gasteiger partial charge in [-0.2, -0.15) is 0 Å². The van der Waals surface area contributed by atoms with Crippen LogP contribution in [0.1, 0.15) is 42.6 Å². The van der Waals surface area contributed by atoms with Crippen LogP contribution in [-0.2, 0) is 58.6 Å². The summed E-state index contributed by atoms with van der Waals surface area (Å²) in [5.41, 5.74) is 1.17. The fourth-order valence-electron chi connectivity index (χ4n) is 3.66. The molecule has 1 aromatic rings. The molecule has 0 aliphatic carbocycles. The third kappa shape index (κ3) is 27.0. The summed E-state index contributed by atoms with van der Waals surface area (Å²) in [5.74, 6) is -0.813. The second kappa shape index (κ2) is 31.4. The Morgan fingerprint density at radius 3 is 1.33 bits per heavy atom. The van der Waals surface area contributed by atoms with Gasteiger partial charge < -0.3 is 52.5 Å². The number of hydrogen-bond donors (Lipinski definition) is 1. The normalized spacial score (nSPS) is 11.4. The first-order valence-corrected chi connectivity index (χ1v) is 16.2. The lowest BCUT2D eigenvalue weighted by Gasteiger charge is -2.09. The van der Waals surface area contributed by atoms with E-state index in [1.165, 1.54) is 0 Å². The average Bonchev–Trinajstić information content (AvgIpc) is 3.04. The van der Waals surface area contributed by atoms with E-state index in [9.17, 15) is 14.7 Å². The van der Waals surface area contributed by atoms with Crippen LogP contribution in [0.4, 0.5) is 0 Å². The molecule has 46 heavy (non-hydrogen) atoms. The van der Waals surface area contributed by atoms with Crippen LogP contribution >= 0.6 is 0 Å². The molecule has 0 unspecified atom stereocenters. The maximum atomic E-state index is 11.4. The Hall–Kier alpha value is -2.20. The third-order valence-corrected chi connectivity index (χ3v) is 5.99. The van der Waals surface area contributed by atoms with E-state index in [-0.39, 0.29) is 12.4 Å². The van der Waals surface area contributed by atoms with Crippen molar-refractivity contribution >= 4 is 11.9 Å². The van der Waals surface area contributed by atoms with Gasteiger partial charge in [0.1, 0.15) is 0 Å². The van der Waals surface area contributed by atoms with Crippen LogP contribution in [0.2, 0.25) is 0 Å². The maximum Gasteiger partial charge on any atom is 0.335 e. The Morgan fingerprint density at radius 2 is 0.935 bits per heavy atom. The molecule has 1 rings (SSSR count). The van der Waals surface area contributed by atoms with Gasteiger partial charge in [-0.05, 0) is 30.4 Å². The summed E-state index contributed by atoms with van der Waals surface area (Å²) in [6.07, 6.45) is 1.66. The van der Waals surface area contributed by atoms with Crippen molar-refractivity contribution in [2.24, 2.45) is 5.92 Å². The minimum atomic E-state index is -0.904. The van der Waals surface area contributed by atoms with E-state index < -0.39 is 5.97 Å². The lowest BCUT2D eigenvalue weighted by molar-refractivity contribution is -0.146. The van der Waals surface area contributed by atoms with Crippen molar-refractivity contribution in [2.75, 3.05) is 126 Å². The topological polar surface area (TPSA) is 147 Å². The average molecular weight is 661 g/mol. The smallest absolute Gasteiger partial charge is 0.335 e. The maximum absolute atomic E-state index is 11.4. The predicted molar refractivity (Wildman–Crippen MR) is 170 cm³/mol. The number of carboxylic acids is 1. The number of rotatable bonds is 34. The number of benzene rings is 1. The van der Waals surface area contributed by atoms with Gasteiger partial charge in [0.2, 0.25) is 0 Å². The zero-order valence-electron chi connectivity index (χ0n) is 27.8. The minimum absolute atomic E-state index is 0.240. The molecule has 0 saturated carbocycles. The van der Waals surface area contributed by atoms with Gasteiger partial charge in [0, 0.05) is 6.61 Å². The first-order valence-electron chi connectivity index (χ1n) is 16.2. The summed E-state index contributed by atoms with van der Waals surface area (Å²) in [4.78, 5) is 22.7. The molecule has 266 valence electrons. The van der Waals surface area contributed by atoms with Crippen molar-refractivity contribution in [1.29, 1.82) is 0 Å². The Bertz CT molecular complexity index is 853. The number of ether oxygens (including phenoxy) is 10. The van der Waals surface area contributed by atoms with Crippen molar-refractivity contribution in [1.82, 2.24) is 0 Å². The fourth-order valence-corrected chi connectivity index (χ4v) is 3.66. The predicted octanol–water partition coefficient (Wildman–Crippen LogP) is 3.06. The number of carboxylic acid groups (broad SMARTS) is 1. The zero-order chi connectivity index (χ0) is 33.3. The highest BCUT2D eigenvalue weighted by Crippen LogP contribution is 2.11. The molecule has 0 spiro atoms. The van der Waals surface area contributed by atoms with Crippen LogP contribution in [0.15, 0.2) is 24.3 Å². The Kier molecular flexibility index (Phi) is 28.6. The minimum Gasteiger partial charge on any atom is -0.478 e. The Morgan fingerprint density at radius 1 is 0.565 bits per heavy atom. The second-order valence-corrected chi connectivity index (χ2v) is 10.4. The summed E-state index contributed by atoms with van der Waals surface area (Å²) in [6, 6.07) is 7.03. The zero-order valence-corrected chi connectivity index (χ0v) is 27.8. The number of hydrogen-bond acceptors (Lipinski definition) is 12. The van der Waals surface area contributed by atoms with Gasteiger partial charge in [-0.3, -0.25) is 4.79 Å². The van der Waals surface area contributed by atoms with E-state index in [0.717, 1.165) is 12.0 Å². The van der Waals surface area contributed by atoms with Crippen molar-refractivity contribution in [2.45, 2.75) is 33.1 Å². The van der Waals surface area contributed by atoms with Crippen LogP contribution in [0.25, 0.3) is 0 Å². The molecule has 0 fully saturated rings. The first kappa shape index (κ1) is 41.8. The summed E-state index contributed by atoms with van der Waals surface area (Å²) in [5, 5.41) is 9.21. The Labute approximate surface area is 274 Å². The van der Waals surface area contributed by atoms with Gasteiger partial charge in [-0.1, -0.05) is 32.0 Å². The van der Waals surface area contributed by atoms with Crippen LogP contribution in [0, 0.1) is 5.92 Å². The van der Waals surface area contributed by atoms with Gasteiger partial charge in [0.15, 0.2) is 0 Å². The molecule has 0 aliphatic heterocycles. The molecule has 1 N–H and O–H groups in total. The van der Waals surface area contributed by atoms with Gasteiger partial charge in [-0.15, -0.1) is 0 Å². The van der Waals surface area contributed by atoms with E-state index in [1.54, 1.807) is 12.1 Å². The van der Waals surface area contributed by atoms with Crippen molar-refractivity contribution in [3.8, 4) is 0 Å². The number of esters is 1. The number of aryl methyl sites for hydroxylation is 1. The van der Waals surface area contributed by atoms with Crippen molar-refractivity contribution in [3.05, 3.63) is 35.4 Å². The van der Waals surface area contributed by atoms with Crippen molar-refractivity contribution < 1.29 is 62.1 Å². The molecule has 0 saturated heterocycles. The molecule has 0 radical (unpaired) electrons. The molecule has 13 nitrogen and oxygen atoms in total. The SMILES string of the molecule is CC(C)COC(=O)CCOCCOCCOCCOCCOCCOCCOCCOCCOCCCc1ccccc1C(=O)O. The number of carbonyl (C=O) groups is 2. The highest BCUT2D eigenvalue weighted by atomic mass is 16.6. The second-order valence-electron chi connectivity index (χ2n) is 10.4. The molecule has 0 atom stereocenters. The highest BCUT2D eigenvalue weighted by Gasteiger charge is 2.08. The number of aromatic carboxylic acids is 1. The van der Waals surface area contributed by atoms with Crippen LogP contribution in [0.5, 0.6) is 0 Å². The van der Waals surface area contributed by atoms with Gasteiger partial charge in [0.25, 0.3) is 0 Å². The molecular formula is C33H56O13. The van der Waals surface area contributed by atoms with Gasteiger partial charge in [-0.25, -0.2) is 4.79 Å². The third-order valence-electron chi connectivity index (χ3n) is 5.99. The van der Waals surface area contributed by atoms with Crippen LogP contribution < -0.4 is 0 Å². The molecule has 0 aromatic heterocycles. The van der Waals surface area contributed by atoms with E-state index in [0.29, 0.717) is 143 Å². The lowest BCUT2D eigenvalue weighted by atomic mass is 10.0. The summed E-state index contributed by atoms with van der Waals surface area (Å²) >= 11 is 0. The molecule has 13 heteroatoms. The summed E-state index contributed by atoms with van der Waals surface area (Å²) in [6.45, 7) is 12.9. The van der Waals surface area contributed by atoms with Gasteiger partial charge in [0.05, 0.1) is 131 Å². The molecule has 0 heterocycles. The van der Waals surface area contributed by atoms with Crippen LogP contribution in [-0.4, -0.2) is 143 Å². The van der Waals surface area contributed by atoms with Crippen molar-refractivity contribution in [3.63, 3.8) is 0 Å². The standard InChI is InChI=1S/C33H56O13/c1-29(2)28-46-32(34)9-11-38-13-15-40-17-19-42-21-23-44-25-27-45-26-24-43-22-20-41-18-16-39-14-12-37-10-5-7-30-6-3-4-8-31(30)33(35)36/h3-4,6,8,29H,5,7,9-28H2,1-2H3,(H,35,36). The van der Waals surface area contributed by atoms with E-state index in [2.05, 4.69) is 0 Å². The molecular weight excluding hydrogens is 604 g/mol. The molecule has 0 amide bonds. The quantitative estimate of drug-likeness (QED) is 0.0854. The van der Waals surface area contributed by atoms with Gasteiger partial charge >= 0.3 is 11.9 Å². The molecule has 0 aliphatic rings. The molecule has 1 aromatic carbocycles. The number of carbonyl (C=O) groups excluding carboxylic acids is 1. The van der Waals surface area contributed by atoms with E-state index >= 15 is 0 Å². The summed E-state index contributed by atoms with van der Waals surface area (Å²) < 4.78 is 54.2. The monoisotopic (exact) mass is 660 g/mol. The van der Waals surface area contributed by atoms with E-state index in [1.807, 2.05) is 26.0 Å².